The van der Waals surface area contributed by atoms with Crippen LogP contribution in [0.5, 0.6) is 0 Å². The number of aromatic nitrogens is 2. The van der Waals surface area contributed by atoms with E-state index in [-0.39, 0.29) is 11.8 Å². The maximum Gasteiger partial charge on any atom is 0.241 e. The Hall–Kier alpha value is -2.64. The van der Waals surface area contributed by atoms with Gasteiger partial charge in [-0.1, -0.05) is 65.8 Å². The SMILES string of the molecule is O=C(NCCSCc1ccccc1)C1CCN(Cc2nc(-c3ccccc3)no2)CC1. The first kappa shape index (κ1) is 21.6. The van der Waals surface area contributed by atoms with Gasteiger partial charge in [0.1, 0.15) is 0 Å². The number of amides is 1. The van der Waals surface area contributed by atoms with E-state index < -0.39 is 0 Å². The van der Waals surface area contributed by atoms with Crippen molar-refractivity contribution in [2.45, 2.75) is 25.1 Å². The second kappa shape index (κ2) is 11.1. The van der Waals surface area contributed by atoms with Gasteiger partial charge >= 0.3 is 0 Å². The number of hydrogen-bond donors (Lipinski definition) is 1. The summed E-state index contributed by atoms with van der Waals surface area (Å²) in [5.74, 6) is 3.44. The van der Waals surface area contributed by atoms with Crippen molar-refractivity contribution in [1.29, 1.82) is 0 Å². The number of rotatable bonds is 9. The Morgan fingerprint density at radius 1 is 1.06 bits per heavy atom. The van der Waals surface area contributed by atoms with Gasteiger partial charge in [0.25, 0.3) is 0 Å². The van der Waals surface area contributed by atoms with E-state index in [0.717, 1.165) is 49.5 Å². The van der Waals surface area contributed by atoms with Crippen LogP contribution in [0.4, 0.5) is 0 Å². The highest BCUT2D eigenvalue weighted by Gasteiger charge is 2.25. The van der Waals surface area contributed by atoms with Crippen LogP contribution in [0.15, 0.2) is 65.2 Å². The zero-order chi connectivity index (χ0) is 21.3. The number of thioether (sulfide) groups is 1. The predicted molar refractivity (Wildman–Crippen MR) is 123 cm³/mol. The number of benzene rings is 2. The largest absolute Gasteiger partial charge is 0.355 e. The minimum Gasteiger partial charge on any atom is -0.355 e. The van der Waals surface area contributed by atoms with Crippen molar-refractivity contribution in [2.24, 2.45) is 5.92 Å². The summed E-state index contributed by atoms with van der Waals surface area (Å²) in [4.78, 5) is 19.3. The van der Waals surface area contributed by atoms with E-state index in [1.807, 2.05) is 48.2 Å². The lowest BCUT2D eigenvalue weighted by molar-refractivity contribution is -0.126. The van der Waals surface area contributed by atoms with Crippen molar-refractivity contribution in [1.82, 2.24) is 20.4 Å². The van der Waals surface area contributed by atoms with Crippen molar-refractivity contribution in [2.75, 3.05) is 25.4 Å². The average Bonchev–Trinajstić information content (AvgIpc) is 3.29. The molecule has 6 nitrogen and oxygen atoms in total. The zero-order valence-electron chi connectivity index (χ0n) is 17.6. The Morgan fingerprint density at radius 3 is 2.52 bits per heavy atom. The molecular weight excluding hydrogens is 408 g/mol. The lowest BCUT2D eigenvalue weighted by atomic mass is 9.96. The molecule has 31 heavy (non-hydrogen) atoms. The molecule has 1 fully saturated rings. The third-order valence-corrected chi connectivity index (χ3v) is 6.50. The number of carbonyl (C=O) groups is 1. The van der Waals surface area contributed by atoms with Gasteiger partial charge in [-0.2, -0.15) is 16.7 Å². The first-order valence-corrected chi connectivity index (χ1v) is 11.9. The third-order valence-electron chi connectivity index (χ3n) is 5.47. The fraction of sp³-hybridized carbons (Fsp3) is 0.375. The number of nitrogens with one attached hydrogen (secondary N) is 1. The van der Waals surface area contributed by atoms with Crippen molar-refractivity contribution < 1.29 is 9.32 Å². The van der Waals surface area contributed by atoms with Crippen molar-refractivity contribution in [3.8, 4) is 11.4 Å². The van der Waals surface area contributed by atoms with Crippen LogP contribution >= 0.6 is 11.8 Å². The van der Waals surface area contributed by atoms with Crippen LogP contribution in [0, 0.1) is 5.92 Å². The summed E-state index contributed by atoms with van der Waals surface area (Å²) in [6, 6.07) is 20.3. The highest BCUT2D eigenvalue weighted by Crippen LogP contribution is 2.20. The Bertz CT molecular complexity index is 940. The molecule has 0 radical (unpaired) electrons. The summed E-state index contributed by atoms with van der Waals surface area (Å²) in [6.07, 6.45) is 1.73. The molecule has 4 rings (SSSR count). The number of piperidine rings is 1. The molecule has 1 saturated heterocycles. The fourth-order valence-electron chi connectivity index (χ4n) is 3.72. The van der Waals surface area contributed by atoms with E-state index in [4.69, 9.17) is 4.52 Å². The summed E-state index contributed by atoms with van der Waals surface area (Å²) in [5, 5.41) is 7.19. The van der Waals surface area contributed by atoms with Gasteiger partial charge in [-0.15, -0.1) is 0 Å². The number of nitrogens with zero attached hydrogens (tertiary/aromatic N) is 3. The molecule has 0 spiro atoms. The summed E-state index contributed by atoms with van der Waals surface area (Å²) in [5.41, 5.74) is 2.28. The molecule has 0 unspecified atom stereocenters. The zero-order valence-corrected chi connectivity index (χ0v) is 18.4. The van der Waals surface area contributed by atoms with Crippen LogP contribution in [-0.2, 0) is 17.1 Å². The molecule has 0 saturated carbocycles. The molecule has 2 aromatic carbocycles. The van der Waals surface area contributed by atoms with Crippen LogP contribution in [0.1, 0.15) is 24.3 Å². The first-order chi connectivity index (χ1) is 15.3. The molecular formula is C24H28N4O2S. The Labute approximate surface area is 187 Å². The second-order valence-electron chi connectivity index (χ2n) is 7.76. The highest BCUT2D eigenvalue weighted by molar-refractivity contribution is 7.98. The molecule has 1 amide bonds. The van der Waals surface area contributed by atoms with Gasteiger partial charge in [0.2, 0.25) is 17.6 Å². The Kier molecular flexibility index (Phi) is 7.74. The van der Waals surface area contributed by atoms with Crippen LogP contribution in [0.3, 0.4) is 0 Å². The molecule has 1 aromatic heterocycles. The molecule has 2 heterocycles. The van der Waals surface area contributed by atoms with Crippen LogP contribution in [0.25, 0.3) is 11.4 Å². The second-order valence-corrected chi connectivity index (χ2v) is 8.86. The van der Waals surface area contributed by atoms with E-state index in [9.17, 15) is 4.79 Å². The normalized spacial score (nSPS) is 15.1. The van der Waals surface area contributed by atoms with E-state index in [1.54, 1.807) is 0 Å². The maximum absolute atomic E-state index is 12.5. The number of carbonyl (C=O) groups excluding carboxylic acids is 1. The lowest BCUT2D eigenvalue weighted by Crippen LogP contribution is -2.40. The molecule has 7 heteroatoms. The molecule has 1 aliphatic rings. The molecule has 0 bridgehead atoms. The quantitative estimate of drug-likeness (QED) is 0.511. The Balaban J connectivity index is 1.13. The van der Waals surface area contributed by atoms with E-state index >= 15 is 0 Å². The lowest BCUT2D eigenvalue weighted by Gasteiger charge is -2.30. The maximum atomic E-state index is 12.5. The van der Waals surface area contributed by atoms with Gasteiger partial charge < -0.3 is 9.84 Å². The predicted octanol–water partition coefficient (Wildman–Crippen LogP) is 4.00. The molecule has 1 N–H and O–H groups in total. The van der Waals surface area contributed by atoms with E-state index in [1.165, 1.54) is 5.56 Å². The van der Waals surface area contributed by atoms with Gasteiger partial charge in [-0.05, 0) is 31.5 Å². The van der Waals surface area contributed by atoms with E-state index in [0.29, 0.717) is 18.3 Å². The minimum absolute atomic E-state index is 0.0953. The number of hydrogen-bond acceptors (Lipinski definition) is 6. The fourth-order valence-corrected chi connectivity index (χ4v) is 4.54. The Morgan fingerprint density at radius 2 is 1.77 bits per heavy atom. The molecule has 0 atom stereocenters. The van der Waals surface area contributed by atoms with Gasteiger partial charge in [0.15, 0.2) is 0 Å². The van der Waals surface area contributed by atoms with Crippen LogP contribution < -0.4 is 5.32 Å². The van der Waals surface area contributed by atoms with Crippen molar-refractivity contribution in [3.05, 3.63) is 72.1 Å². The summed E-state index contributed by atoms with van der Waals surface area (Å²) in [6.45, 7) is 3.08. The summed E-state index contributed by atoms with van der Waals surface area (Å²) < 4.78 is 5.42. The van der Waals surface area contributed by atoms with Gasteiger partial charge in [-0.25, -0.2) is 0 Å². The first-order valence-electron chi connectivity index (χ1n) is 10.8. The average molecular weight is 437 g/mol. The standard InChI is InChI=1S/C24H28N4O2S/c29-24(25-13-16-31-18-19-7-3-1-4-8-19)21-11-14-28(15-12-21)17-22-26-23(27-30-22)20-9-5-2-6-10-20/h1-10,21H,11-18H2,(H,25,29). The van der Waals surface area contributed by atoms with Gasteiger partial charge in [0, 0.05) is 29.5 Å². The monoisotopic (exact) mass is 436 g/mol. The summed E-state index contributed by atoms with van der Waals surface area (Å²) >= 11 is 1.85. The molecule has 3 aromatic rings. The van der Waals surface area contributed by atoms with E-state index in [2.05, 4.69) is 44.6 Å². The summed E-state index contributed by atoms with van der Waals surface area (Å²) in [7, 11) is 0. The van der Waals surface area contributed by atoms with Crippen LogP contribution in [0.2, 0.25) is 0 Å². The third kappa shape index (κ3) is 6.42. The van der Waals surface area contributed by atoms with Gasteiger partial charge in [0.05, 0.1) is 6.54 Å². The van der Waals surface area contributed by atoms with Crippen LogP contribution in [-0.4, -0.2) is 46.3 Å². The smallest absolute Gasteiger partial charge is 0.241 e. The minimum atomic E-state index is 0.0953. The number of likely N-dealkylation sites (tertiary alicyclic amines) is 1. The molecule has 162 valence electrons. The highest BCUT2D eigenvalue weighted by atomic mass is 32.2. The van der Waals surface area contributed by atoms with Crippen molar-refractivity contribution in [3.63, 3.8) is 0 Å². The van der Waals surface area contributed by atoms with Crippen molar-refractivity contribution >= 4 is 17.7 Å². The molecule has 0 aliphatic carbocycles. The topological polar surface area (TPSA) is 71.3 Å². The molecule has 1 aliphatic heterocycles. The van der Waals surface area contributed by atoms with Gasteiger partial charge in [-0.3, -0.25) is 9.69 Å².